The smallest absolute Gasteiger partial charge is 0.178 e. The van der Waals surface area contributed by atoms with E-state index < -0.39 is 15.5 Å². The van der Waals surface area contributed by atoms with Crippen LogP contribution < -0.4 is 4.74 Å². The van der Waals surface area contributed by atoms with Crippen molar-refractivity contribution in [2.24, 2.45) is 0 Å². The molecule has 0 aliphatic heterocycles. The molecule has 72 valence electrons. The van der Waals surface area contributed by atoms with E-state index in [0.29, 0.717) is 5.75 Å². The molecular weight excluding hydrogens is 189 g/mol. The van der Waals surface area contributed by atoms with Crippen LogP contribution in [0.2, 0.25) is 0 Å². The van der Waals surface area contributed by atoms with E-state index in [-0.39, 0.29) is 4.90 Å². The topological polar surface area (TPSA) is 43.4 Å². The van der Waals surface area contributed by atoms with Crippen molar-refractivity contribution in [2.45, 2.75) is 11.8 Å². The fraction of sp³-hybridized carbons (Fsp3) is 0.333. The van der Waals surface area contributed by atoms with Gasteiger partial charge in [0.15, 0.2) is 9.84 Å². The van der Waals surface area contributed by atoms with Crippen molar-refractivity contribution in [3.8, 4) is 5.75 Å². The highest BCUT2D eigenvalue weighted by molar-refractivity contribution is 7.91. The predicted octanol–water partition coefficient (Wildman–Crippen LogP) is 1.49. The molecule has 0 radical (unpaired) electrons. The predicted molar refractivity (Wildman–Crippen MR) is 50.7 cm³/mol. The maximum atomic E-state index is 11.6. The van der Waals surface area contributed by atoms with Crippen molar-refractivity contribution in [3.63, 3.8) is 0 Å². The molecule has 1 aromatic carbocycles. The van der Waals surface area contributed by atoms with Gasteiger partial charge in [0.1, 0.15) is 5.75 Å². The van der Waals surface area contributed by atoms with Gasteiger partial charge < -0.3 is 4.74 Å². The van der Waals surface area contributed by atoms with Crippen LogP contribution in [0.3, 0.4) is 0 Å². The number of rotatable bonds is 3. The van der Waals surface area contributed by atoms with Crippen LogP contribution in [-0.2, 0) is 9.84 Å². The zero-order chi connectivity index (χ0) is 11.7. The Bertz CT molecular complexity index is 431. The number of hydrogen-bond donors (Lipinski definition) is 0. The molecule has 0 saturated carbocycles. The van der Waals surface area contributed by atoms with Gasteiger partial charge in [0.25, 0.3) is 0 Å². The van der Waals surface area contributed by atoms with Crippen LogP contribution in [-0.4, -0.2) is 21.2 Å². The van der Waals surface area contributed by atoms with Gasteiger partial charge in [0, 0.05) is 2.74 Å². The summed E-state index contributed by atoms with van der Waals surface area (Å²) in [6, 6.07) is 5.63. The third kappa shape index (κ3) is 2.21. The minimum atomic E-state index is -3.92. The Kier molecular flexibility index (Phi) is 2.15. The highest BCUT2D eigenvalue weighted by Gasteiger charge is 2.10. The molecule has 0 bridgehead atoms. The first-order valence-corrected chi connectivity index (χ1v) is 5.16. The largest absolute Gasteiger partial charge is 0.497 e. The molecule has 0 unspecified atom stereocenters. The van der Waals surface area contributed by atoms with Crippen molar-refractivity contribution >= 4 is 9.84 Å². The highest BCUT2D eigenvalue weighted by Crippen LogP contribution is 2.16. The molecule has 0 aromatic heterocycles. The van der Waals surface area contributed by atoms with E-state index in [0.717, 1.165) is 6.92 Å². The summed E-state index contributed by atoms with van der Waals surface area (Å²) in [5, 5.41) is 0. The van der Waals surface area contributed by atoms with Crippen LogP contribution in [0.25, 0.3) is 0 Å². The van der Waals surface area contributed by atoms with Crippen LogP contribution in [0.1, 0.15) is 9.67 Å². The Labute approximate surface area is 81.1 Å². The first kappa shape index (κ1) is 7.38. The number of hydrogen-bond acceptors (Lipinski definition) is 3. The molecule has 1 aromatic rings. The number of sulfone groups is 1. The summed E-state index contributed by atoms with van der Waals surface area (Å²) < 4.78 is 42.6. The molecular formula is C9H12O3S. The van der Waals surface area contributed by atoms with Crippen LogP contribution >= 0.6 is 0 Å². The quantitative estimate of drug-likeness (QED) is 0.696. The standard InChI is InChI=1S/C9H12O3S/c1-3-13(10,11)9-6-4-8(12-2)5-7-9/h4-7H,3H2,1-2H3/i3+1H2. The summed E-state index contributed by atoms with van der Waals surface area (Å²) in [6.07, 6.45) is 0. The highest BCUT2D eigenvalue weighted by atomic mass is 32.2. The van der Waals surface area contributed by atoms with Gasteiger partial charge in [-0.15, -0.1) is 0 Å². The zero-order valence-corrected chi connectivity index (χ0v) is 8.26. The minimum Gasteiger partial charge on any atom is -0.497 e. The van der Waals surface area contributed by atoms with E-state index in [1.165, 1.54) is 31.4 Å². The third-order valence-electron chi connectivity index (χ3n) is 1.64. The van der Waals surface area contributed by atoms with Crippen LogP contribution in [0, 0.1) is 0 Å². The van der Waals surface area contributed by atoms with Gasteiger partial charge in [-0.05, 0) is 24.3 Å². The molecule has 0 atom stereocenters. The van der Waals surface area contributed by atoms with E-state index in [1.54, 1.807) is 0 Å². The summed E-state index contributed by atoms with van der Waals surface area (Å²) in [5.74, 6) is 0.533. The van der Waals surface area contributed by atoms with E-state index in [4.69, 9.17) is 7.48 Å². The number of methoxy groups -OCH3 is 1. The molecule has 0 aliphatic rings. The van der Waals surface area contributed by atoms with Crippen LogP contribution in [0.5, 0.6) is 5.75 Å². The summed E-state index contributed by atoms with van der Waals surface area (Å²) in [7, 11) is -2.45. The molecule has 0 amide bonds. The normalized spacial score (nSPS) is 14.6. The Hall–Kier alpha value is -1.03. The maximum Gasteiger partial charge on any atom is 0.178 e. The second kappa shape index (κ2) is 3.79. The van der Waals surface area contributed by atoms with Gasteiger partial charge in [-0.1, -0.05) is 6.92 Å². The van der Waals surface area contributed by atoms with Crippen molar-refractivity contribution in [2.75, 3.05) is 12.8 Å². The second-order valence-electron chi connectivity index (χ2n) is 2.38. The van der Waals surface area contributed by atoms with Gasteiger partial charge in [-0.25, -0.2) is 8.42 Å². The van der Waals surface area contributed by atoms with E-state index in [2.05, 4.69) is 0 Å². The Morgan fingerprint density at radius 3 is 2.31 bits per heavy atom. The van der Waals surface area contributed by atoms with Crippen molar-refractivity contribution in [1.29, 1.82) is 0 Å². The summed E-state index contributed by atoms with van der Waals surface area (Å²) in [4.78, 5) is -0.0456. The SMILES string of the molecule is [1H][13C]([1H])(C)S(=O)(=O)c1ccc(OC)cc1. The average Bonchev–Trinajstić information content (AvgIpc) is 2.16. The van der Waals surface area contributed by atoms with E-state index in [9.17, 15) is 8.42 Å². The average molecular weight is 201 g/mol. The lowest BCUT2D eigenvalue weighted by atomic mass is 10.3. The lowest BCUT2D eigenvalue weighted by Gasteiger charge is -2.02. The molecule has 0 saturated heterocycles. The van der Waals surface area contributed by atoms with Crippen molar-refractivity contribution in [1.82, 2.24) is 0 Å². The monoisotopic (exact) mass is 201 g/mol. The Morgan fingerprint density at radius 1 is 1.38 bits per heavy atom. The maximum absolute atomic E-state index is 11.6. The number of benzene rings is 1. The van der Waals surface area contributed by atoms with Gasteiger partial charge in [0.2, 0.25) is 0 Å². The molecule has 0 heterocycles. The van der Waals surface area contributed by atoms with Gasteiger partial charge in [-0.3, -0.25) is 0 Å². The summed E-state index contributed by atoms with van der Waals surface area (Å²) in [5.41, 5.74) is -2.28. The van der Waals surface area contributed by atoms with Crippen LogP contribution in [0.15, 0.2) is 29.2 Å². The van der Waals surface area contributed by atoms with Gasteiger partial charge in [-0.2, -0.15) is 0 Å². The molecule has 4 heteroatoms. The van der Waals surface area contributed by atoms with E-state index >= 15 is 0 Å². The van der Waals surface area contributed by atoms with E-state index in [1.807, 2.05) is 0 Å². The molecule has 13 heavy (non-hydrogen) atoms. The first-order valence-electron chi connectivity index (χ1n) is 4.68. The zero-order valence-electron chi connectivity index (χ0n) is 9.44. The van der Waals surface area contributed by atoms with Gasteiger partial charge in [0.05, 0.1) is 17.7 Å². The second-order valence-corrected chi connectivity index (χ2v) is 4.27. The Balaban J connectivity index is 3.18. The van der Waals surface area contributed by atoms with Gasteiger partial charge >= 0.3 is 0 Å². The molecule has 0 aliphatic carbocycles. The minimum absolute atomic E-state index is 0.0456. The summed E-state index contributed by atoms with van der Waals surface area (Å²) in [6.45, 7) is 1.02. The summed E-state index contributed by atoms with van der Waals surface area (Å²) >= 11 is 0. The molecule has 0 fully saturated rings. The molecule has 0 spiro atoms. The Morgan fingerprint density at radius 2 is 1.92 bits per heavy atom. The molecule has 1 rings (SSSR count). The van der Waals surface area contributed by atoms with Crippen molar-refractivity contribution < 1.29 is 15.9 Å². The van der Waals surface area contributed by atoms with Crippen LogP contribution in [0.4, 0.5) is 0 Å². The van der Waals surface area contributed by atoms with Crippen molar-refractivity contribution in [3.05, 3.63) is 24.3 Å². The lowest BCUT2D eigenvalue weighted by molar-refractivity contribution is 0.414. The first-order chi connectivity index (χ1) is 6.79. The third-order valence-corrected chi connectivity index (χ3v) is 3.07. The fourth-order valence-corrected chi connectivity index (χ4v) is 1.60. The molecule has 3 nitrogen and oxygen atoms in total. The lowest BCUT2D eigenvalue weighted by Crippen LogP contribution is -2.03. The molecule has 0 N–H and O–H groups in total. The fourth-order valence-electron chi connectivity index (χ4n) is 0.873. The number of ether oxygens (including phenoxy) is 1.